The minimum atomic E-state index is -0.424. The van der Waals surface area contributed by atoms with Crippen LogP contribution in [0, 0.1) is 5.92 Å². The fourth-order valence-electron chi connectivity index (χ4n) is 3.28. The van der Waals surface area contributed by atoms with Crippen molar-refractivity contribution in [1.82, 2.24) is 5.32 Å². The third kappa shape index (κ3) is 6.70. The molecule has 5 nitrogen and oxygen atoms in total. The molecule has 1 heterocycles. The normalized spacial score (nSPS) is 12.1. The fraction of sp³-hybridized carbons (Fsp3) is 0.565. The molecular weight excluding hydrogens is 352 g/mol. The Morgan fingerprint density at radius 1 is 1.14 bits per heavy atom. The van der Waals surface area contributed by atoms with E-state index in [-0.39, 0.29) is 12.3 Å². The lowest BCUT2D eigenvalue weighted by atomic mass is 10.0. The van der Waals surface area contributed by atoms with E-state index >= 15 is 0 Å². The molecule has 1 atom stereocenters. The molecule has 5 heteroatoms. The molecule has 2 aromatic rings. The first-order chi connectivity index (χ1) is 13.4. The molecule has 0 radical (unpaired) electrons. The van der Waals surface area contributed by atoms with Crippen molar-refractivity contribution in [1.29, 1.82) is 0 Å². The number of amides is 1. The molecule has 0 aliphatic heterocycles. The number of carbonyl (C=O) groups excluding carboxylic acids is 1. The van der Waals surface area contributed by atoms with E-state index in [2.05, 4.69) is 19.2 Å². The molecule has 0 aliphatic rings. The lowest BCUT2D eigenvalue weighted by Crippen LogP contribution is -2.26. The van der Waals surface area contributed by atoms with E-state index in [9.17, 15) is 9.59 Å². The zero-order valence-electron chi connectivity index (χ0n) is 17.7. The van der Waals surface area contributed by atoms with Gasteiger partial charge in [-0.2, -0.15) is 0 Å². The predicted molar refractivity (Wildman–Crippen MR) is 116 cm³/mol. The molecule has 0 spiro atoms. The minimum Gasteiger partial charge on any atom is -0.423 e. The largest absolute Gasteiger partial charge is 0.423 e. The summed E-state index contributed by atoms with van der Waals surface area (Å²) in [5.74, 6) is 0.759. The van der Waals surface area contributed by atoms with Crippen molar-refractivity contribution < 1.29 is 9.21 Å². The van der Waals surface area contributed by atoms with Crippen LogP contribution in [0.3, 0.4) is 0 Å². The second kappa shape index (κ2) is 10.9. The number of nitrogens with one attached hydrogen (secondary N) is 1. The number of anilines is 1. The van der Waals surface area contributed by atoms with Crippen molar-refractivity contribution in [3.63, 3.8) is 0 Å². The highest BCUT2D eigenvalue weighted by Crippen LogP contribution is 2.23. The Bertz CT molecular complexity index is 826. The van der Waals surface area contributed by atoms with Crippen LogP contribution in [-0.4, -0.2) is 26.5 Å². The highest BCUT2D eigenvalue weighted by molar-refractivity contribution is 5.88. The van der Waals surface area contributed by atoms with Gasteiger partial charge in [-0.05, 0) is 30.0 Å². The van der Waals surface area contributed by atoms with Gasteiger partial charge >= 0.3 is 5.63 Å². The Kier molecular flexibility index (Phi) is 8.55. The van der Waals surface area contributed by atoms with E-state index in [4.69, 9.17) is 4.42 Å². The molecule has 0 saturated carbocycles. The number of benzene rings is 1. The summed E-state index contributed by atoms with van der Waals surface area (Å²) in [6.07, 6.45) is 7.36. The molecular formula is C23H34N2O3. The first-order valence-corrected chi connectivity index (χ1v) is 10.4. The summed E-state index contributed by atoms with van der Waals surface area (Å²) in [4.78, 5) is 26.1. The highest BCUT2D eigenvalue weighted by Gasteiger charge is 2.11. The number of unbranched alkanes of at least 4 members (excludes halogenated alkanes) is 3. The second-order valence-electron chi connectivity index (χ2n) is 7.91. The lowest BCUT2D eigenvalue weighted by Gasteiger charge is -2.13. The second-order valence-corrected chi connectivity index (χ2v) is 7.91. The molecule has 1 unspecified atom stereocenters. The number of nitrogens with zero attached hydrogens (tertiary/aromatic N) is 1. The molecule has 0 aliphatic carbocycles. The average molecular weight is 387 g/mol. The van der Waals surface area contributed by atoms with Crippen LogP contribution in [0.5, 0.6) is 0 Å². The summed E-state index contributed by atoms with van der Waals surface area (Å²) in [6, 6.07) is 7.13. The predicted octanol–water partition coefficient (Wildman–Crippen LogP) is 4.51. The Hall–Kier alpha value is -2.30. The molecule has 154 valence electrons. The van der Waals surface area contributed by atoms with Gasteiger partial charge in [0.1, 0.15) is 5.58 Å². The topological polar surface area (TPSA) is 62.6 Å². The van der Waals surface area contributed by atoms with Crippen LogP contribution in [0.2, 0.25) is 0 Å². The van der Waals surface area contributed by atoms with Crippen LogP contribution >= 0.6 is 0 Å². The first-order valence-electron chi connectivity index (χ1n) is 10.4. The third-order valence-electron chi connectivity index (χ3n) is 5.32. The van der Waals surface area contributed by atoms with Crippen LogP contribution in [0.15, 0.2) is 33.5 Å². The minimum absolute atomic E-state index is 0.0526. The van der Waals surface area contributed by atoms with Gasteiger partial charge in [-0.15, -0.1) is 0 Å². The summed E-state index contributed by atoms with van der Waals surface area (Å²) in [7, 11) is 3.86. The number of hydrogen-bond donors (Lipinski definition) is 1. The third-order valence-corrected chi connectivity index (χ3v) is 5.32. The molecule has 28 heavy (non-hydrogen) atoms. The SMILES string of the molecule is CCC(C)CCCCCCNC(=O)Cc1cc(=O)oc2cc(N(C)C)ccc12. The van der Waals surface area contributed by atoms with E-state index in [0.29, 0.717) is 17.7 Å². The van der Waals surface area contributed by atoms with E-state index < -0.39 is 5.63 Å². The molecule has 1 N–H and O–H groups in total. The van der Waals surface area contributed by atoms with Crippen molar-refractivity contribution in [2.45, 2.75) is 58.8 Å². The van der Waals surface area contributed by atoms with E-state index in [1.54, 1.807) is 0 Å². The molecule has 2 rings (SSSR count). The van der Waals surface area contributed by atoms with Gasteiger partial charge in [-0.3, -0.25) is 4.79 Å². The Morgan fingerprint density at radius 3 is 2.61 bits per heavy atom. The fourth-order valence-corrected chi connectivity index (χ4v) is 3.28. The van der Waals surface area contributed by atoms with Crippen LogP contribution in [0.25, 0.3) is 11.0 Å². The van der Waals surface area contributed by atoms with Gasteiger partial charge in [-0.1, -0.05) is 46.0 Å². The van der Waals surface area contributed by atoms with E-state index in [1.165, 1.54) is 31.7 Å². The van der Waals surface area contributed by atoms with Crippen LogP contribution in [0.4, 0.5) is 5.69 Å². The van der Waals surface area contributed by atoms with Crippen molar-refractivity contribution >= 4 is 22.6 Å². The van der Waals surface area contributed by atoms with Gasteiger partial charge in [0, 0.05) is 43.8 Å². The lowest BCUT2D eigenvalue weighted by molar-refractivity contribution is -0.120. The van der Waals surface area contributed by atoms with E-state index in [0.717, 1.165) is 29.8 Å². The maximum atomic E-state index is 12.3. The monoisotopic (exact) mass is 386 g/mol. The maximum Gasteiger partial charge on any atom is 0.336 e. The molecule has 0 bridgehead atoms. The van der Waals surface area contributed by atoms with Crippen LogP contribution < -0.4 is 15.8 Å². The van der Waals surface area contributed by atoms with Gasteiger partial charge in [-0.25, -0.2) is 4.79 Å². The van der Waals surface area contributed by atoms with Crippen LogP contribution in [0.1, 0.15) is 57.9 Å². The van der Waals surface area contributed by atoms with Gasteiger partial charge in [0.05, 0.1) is 6.42 Å². The quantitative estimate of drug-likeness (QED) is 0.456. The van der Waals surface area contributed by atoms with Crippen molar-refractivity contribution in [2.24, 2.45) is 5.92 Å². The van der Waals surface area contributed by atoms with Gasteiger partial charge < -0.3 is 14.6 Å². The zero-order chi connectivity index (χ0) is 20.5. The van der Waals surface area contributed by atoms with Gasteiger partial charge in [0.2, 0.25) is 5.91 Å². The maximum absolute atomic E-state index is 12.3. The average Bonchev–Trinajstić information content (AvgIpc) is 2.66. The summed E-state index contributed by atoms with van der Waals surface area (Å²) in [5.41, 5.74) is 1.75. The number of fused-ring (bicyclic) bond motifs is 1. The van der Waals surface area contributed by atoms with Crippen molar-refractivity contribution in [2.75, 3.05) is 25.5 Å². The molecule has 1 aromatic carbocycles. The summed E-state index contributed by atoms with van der Waals surface area (Å²) in [5, 5.41) is 3.79. The van der Waals surface area contributed by atoms with E-state index in [1.807, 2.05) is 37.2 Å². The summed E-state index contributed by atoms with van der Waals surface area (Å²) >= 11 is 0. The zero-order valence-corrected chi connectivity index (χ0v) is 17.7. The number of carbonyl (C=O) groups is 1. The number of hydrogen-bond acceptors (Lipinski definition) is 4. The highest BCUT2D eigenvalue weighted by atomic mass is 16.4. The van der Waals surface area contributed by atoms with Crippen molar-refractivity contribution in [3.8, 4) is 0 Å². The Labute approximate surface area is 168 Å². The molecule has 0 saturated heterocycles. The van der Waals surface area contributed by atoms with Crippen LogP contribution in [-0.2, 0) is 11.2 Å². The summed E-state index contributed by atoms with van der Waals surface area (Å²) in [6.45, 7) is 5.23. The molecule has 1 amide bonds. The van der Waals surface area contributed by atoms with Crippen molar-refractivity contribution in [3.05, 3.63) is 40.2 Å². The Balaban J connectivity index is 1.85. The summed E-state index contributed by atoms with van der Waals surface area (Å²) < 4.78 is 5.32. The van der Waals surface area contributed by atoms with Gasteiger partial charge in [0.25, 0.3) is 0 Å². The standard InChI is InChI=1S/C23H34N2O3/c1-5-17(2)10-8-6-7-9-13-24-22(26)14-18-15-23(27)28-21-16-19(25(3)4)11-12-20(18)21/h11-12,15-17H,5-10,13-14H2,1-4H3,(H,24,26). The first kappa shape index (κ1) is 22.0. The molecule has 0 fully saturated rings. The van der Waals surface area contributed by atoms with Gasteiger partial charge in [0.15, 0.2) is 0 Å². The number of rotatable bonds is 11. The Morgan fingerprint density at radius 2 is 1.89 bits per heavy atom. The smallest absolute Gasteiger partial charge is 0.336 e. The molecule has 1 aromatic heterocycles.